The third-order valence-electron chi connectivity index (χ3n) is 8.02. The molecule has 1 aliphatic heterocycles. The molecule has 0 unspecified atom stereocenters. The van der Waals surface area contributed by atoms with Crippen molar-refractivity contribution in [1.29, 1.82) is 0 Å². The average molecular weight is 488 g/mol. The van der Waals surface area contributed by atoms with Crippen molar-refractivity contribution >= 4 is 22.6 Å². The molecule has 1 saturated carbocycles. The number of likely N-dealkylation sites (tertiary alicyclic amines) is 1. The van der Waals surface area contributed by atoms with Gasteiger partial charge in [0.2, 0.25) is 0 Å². The molecule has 0 spiro atoms. The minimum Gasteiger partial charge on any atom is -0.349 e. The van der Waals surface area contributed by atoms with Crippen LogP contribution in [0.4, 0.5) is 4.39 Å². The van der Waals surface area contributed by atoms with Gasteiger partial charge in [-0.05, 0) is 56.7 Å². The number of alkyl halides is 1. The van der Waals surface area contributed by atoms with Crippen molar-refractivity contribution in [3.05, 3.63) is 78.0 Å². The molecule has 188 valence electrons. The summed E-state index contributed by atoms with van der Waals surface area (Å²) in [6, 6.07) is 18.5. The van der Waals surface area contributed by atoms with E-state index in [9.17, 15) is 9.59 Å². The van der Waals surface area contributed by atoms with Crippen molar-refractivity contribution < 1.29 is 14.0 Å². The summed E-state index contributed by atoms with van der Waals surface area (Å²) >= 11 is 0. The maximum Gasteiger partial charge on any atom is 0.252 e. The zero-order chi connectivity index (χ0) is 25.0. The van der Waals surface area contributed by atoms with Gasteiger partial charge >= 0.3 is 0 Å². The van der Waals surface area contributed by atoms with Crippen LogP contribution in [0.25, 0.3) is 10.9 Å². The summed E-state index contributed by atoms with van der Waals surface area (Å²) in [5, 5.41) is 4.12. The summed E-state index contributed by atoms with van der Waals surface area (Å²) in [5.41, 5.74) is 0.242. The predicted octanol–water partition coefficient (Wildman–Crippen LogP) is 5.60. The zero-order valence-corrected chi connectivity index (χ0v) is 20.7. The number of hydrogen-bond acceptors (Lipinski definition) is 4. The third-order valence-corrected chi connectivity index (χ3v) is 8.02. The van der Waals surface area contributed by atoms with E-state index in [2.05, 4.69) is 15.2 Å². The number of ketones is 1. The number of aromatic nitrogens is 1. The number of halogens is 1. The lowest BCUT2D eigenvalue weighted by molar-refractivity contribution is 0.0404. The van der Waals surface area contributed by atoms with E-state index in [0.29, 0.717) is 30.1 Å². The van der Waals surface area contributed by atoms with E-state index >= 15 is 4.39 Å². The Kier molecular flexibility index (Phi) is 7.42. The Morgan fingerprint density at radius 3 is 2.39 bits per heavy atom. The van der Waals surface area contributed by atoms with E-state index in [1.807, 2.05) is 30.3 Å². The summed E-state index contributed by atoms with van der Waals surface area (Å²) in [6.45, 7) is 2.20. The number of benzene rings is 2. The van der Waals surface area contributed by atoms with Crippen LogP contribution in [0.2, 0.25) is 0 Å². The number of nitrogens with zero attached hydrogens (tertiary/aromatic N) is 2. The van der Waals surface area contributed by atoms with Crippen LogP contribution < -0.4 is 5.32 Å². The Labute approximate surface area is 212 Å². The SMILES string of the molecule is O=C(N[C@H]1CC[C@H](CCN2CCC(F)(C(=O)c3ccccc3)CC2)CC1)c1ccnc2ccccc12. The molecule has 0 atom stereocenters. The molecule has 2 heterocycles. The Balaban J connectivity index is 1.05. The highest BCUT2D eigenvalue weighted by Gasteiger charge is 2.41. The number of piperidine rings is 1. The quantitative estimate of drug-likeness (QED) is 0.441. The van der Waals surface area contributed by atoms with Crippen LogP contribution >= 0.6 is 0 Å². The van der Waals surface area contributed by atoms with E-state index in [1.54, 1.807) is 36.5 Å². The fourth-order valence-electron chi connectivity index (χ4n) is 5.72. The molecule has 5 rings (SSSR count). The molecule has 1 amide bonds. The van der Waals surface area contributed by atoms with E-state index in [4.69, 9.17) is 0 Å². The minimum atomic E-state index is -1.74. The van der Waals surface area contributed by atoms with Gasteiger partial charge in [0.05, 0.1) is 11.1 Å². The Morgan fingerprint density at radius 1 is 0.944 bits per heavy atom. The van der Waals surface area contributed by atoms with Crippen LogP contribution in [-0.2, 0) is 0 Å². The molecule has 1 aromatic heterocycles. The molecule has 2 aromatic carbocycles. The van der Waals surface area contributed by atoms with Gasteiger partial charge in [0.1, 0.15) is 0 Å². The number of rotatable bonds is 7. The summed E-state index contributed by atoms with van der Waals surface area (Å²) in [4.78, 5) is 32.3. The van der Waals surface area contributed by atoms with Gasteiger partial charge in [-0.25, -0.2) is 4.39 Å². The molecule has 2 aliphatic rings. The number of nitrogens with one attached hydrogen (secondary N) is 1. The summed E-state index contributed by atoms with van der Waals surface area (Å²) in [7, 11) is 0. The smallest absolute Gasteiger partial charge is 0.252 e. The first kappa shape index (κ1) is 24.6. The molecule has 5 nitrogen and oxygen atoms in total. The number of carbonyl (C=O) groups is 2. The highest BCUT2D eigenvalue weighted by atomic mass is 19.1. The highest BCUT2D eigenvalue weighted by Crippen LogP contribution is 2.32. The minimum absolute atomic E-state index is 0.0230. The number of para-hydroxylation sites is 1. The number of hydrogen-bond donors (Lipinski definition) is 1. The van der Waals surface area contributed by atoms with Gasteiger partial charge in [0.25, 0.3) is 5.91 Å². The van der Waals surface area contributed by atoms with E-state index in [0.717, 1.165) is 49.6 Å². The van der Waals surface area contributed by atoms with Crippen molar-refractivity contribution in [2.75, 3.05) is 19.6 Å². The Hall–Kier alpha value is -3.12. The van der Waals surface area contributed by atoms with Crippen molar-refractivity contribution in [1.82, 2.24) is 15.2 Å². The predicted molar refractivity (Wildman–Crippen MR) is 140 cm³/mol. The van der Waals surface area contributed by atoms with Crippen molar-refractivity contribution in [3.8, 4) is 0 Å². The molecule has 0 radical (unpaired) electrons. The Morgan fingerprint density at radius 2 is 1.64 bits per heavy atom. The van der Waals surface area contributed by atoms with E-state index in [-0.39, 0.29) is 30.6 Å². The second kappa shape index (κ2) is 10.9. The zero-order valence-electron chi connectivity index (χ0n) is 20.7. The standard InChI is InChI=1S/C30H34FN3O2/c31-30(28(35)23-6-2-1-3-7-23)16-20-34(21-17-30)19-15-22-10-12-24(13-11-22)33-29(36)26-14-18-32-27-9-5-4-8-25(26)27/h1-9,14,18,22,24H,10-13,15-17,19-21H2,(H,33,36)/t22-,24-. The van der Waals surface area contributed by atoms with Gasteiger partial charge in [-0.2, -0.15) is 0 Å². The molecular formula is C30H34FN3O2. The van der Waals surface area contributed by atoms with Crippen LogP contribution in [0, 0.1) is 5.92 Å². The maximum atomic E-state index is 15.4. The number of carbonyl (C=O) groups excluding carboxylic acids is 2. The molecule has 3 aromatic rings. The van der Waals surface area contributed by atoms with Crippen molar-refractivity contribution in [2.24, 2.45) is 5.92 Å². The van der Waals surface area contributed by atoms with Crippen LogP contribution in [0.5, 0.6) is 0 Å². The largest absolute Gasteiger partial charge is 0.349 e. The van der Waals surface area contributed by atoms with Crippen LogP contribution in [0.15, 0.2) is 66.9 Å². The summed E-state index contributed by atoms with van der Waals surface area (Å²) < 4.78 is 15.4. The number of pyridine rings is 1. The second-order valence-corrected chi connectivity index (χ2v) is 10.4. The molecular weight excluding hydrogens is 453 g/mol. The lowest BCUT2D eigenvalue weighted by atomic mass is 9.83. The molecule has 6 heteroatoms. The average Bonchev–Trinajstić information content (AvgIpc) is 2.93. The van der Waals surface area contributed by atoms with Gasteiger partial charge in [-0.3, -0.25) is 14.6 Å². The fourth-order valence-corrected chi connectivity index (χ4v) is 5.72. The van der Waals surface area contributed by atoms with Gasteiger partial charge in [0, 0.05) is 49.1 Å². The fraction of sp³-hybridized carbons (Fsp3) is 0.433. The second-order valence-electron chi connectivity index (χ2n) is 10.4. The molecule has 1 N–H and O–H groups in total. The first-order valence-electron chi connectivity index (χ1n) is 13.2. The lowest BCUT2D eigenvalue weighted by Crippen LogP contribution is -2.47. The van der Waals surface area contributed by atoms with Crippen LogP contribution in [0.3, 0.4) is 0 Å². The van der Waals surface area contributed by atoms with Gasteiger partial charge in [-0.15, -0.1) is 0 Å². The van der Waals surface area contributed by atoms with Gasteiger partial charge in [0.15, 0.2) is 11.5 Å². The highest BCUT2D eigenvalue weighted by molar-refractivity contribution is 6.06. The van der Waals surface area contributed by atoms with Gasteiger partial charge < -0.3 is 10.2 Å². The first-order chi connectivity index (χ1) is 17.5. The monoisotopic (exact) mass is 487 g/mol. The van der Waals surface area contributed by atoms with E-state index in [1.165, 1.54) is 0 Å². The van der Waals surface area contributed by atoms with Crippen molar-refractivity contribution in [3.63, 3.8) is 0 Å². The topological polar surface area (TPSA) is 62.3 Å². The molecule has 2 fully saturated rings. The van der Waals surface area contributed by atoms with Crippen LogP contribution in [-0.4, -0.2) is 52.9 Å². The maximum absolute atomic E-state index is 15.4. The van der Waals surface area contributed by atoms with Crippen molar-refractivity contribution in [2.45, 2.75) is 56.7 Å². The number of fused-ring (bicyclic) bond motifs is 1. The molecule has 1 aliphatic carbocycles. The van der Waals surface area contributed by atoms with E-state index < -0.39 is 5.67 Å². The third kappa shape index (κ3) is 5.49. The number of amides is 1. The summed E-state index contributed by atoms with van der Waals surface area (Å²) in [6.07, 6.45) is 7.47. The Bertz CT molecular complexity index is 1190. The van der Waals surface area contributed by atoms with Crippen LogP contribution in [0.1, 0.15) is 65.7 Å². The summed E-state index contributed by atoms with van der Waals surface area (Å²) in [5.74, 6) is 0.232. The normalized spacial score (nSPS) is 22.2. The molecule has 1 saturated heterocycles. The molecule has 36 heavy (non-hydrogen) atoms. The molecule has 0 bridgehead atoms. The first-order valence-corrected chi connectivity index (χ1v) is 13.2. The number of Topliss-reactive ketones (excluding diaryl/α,β-unsaturated/α-hetero) is 1. The van der Waals surface area contributed by atoms with Gasteiger partial charge in [-0.1, -0.05) is 48.5 Å². The lowest BCUT2D eigenvalue weighted by Gasteiger charge is -2.36.